The molecule has 0 saturated heterocycles. The van der Waals surface area contributed by atoms with Crippen LogP contribution in [0.25, 0.3) is 17.1 Å². The summed E-state index contributed by atoms with van der Waals surface area (Å²) in [5, 5.41) is 8.85. The molecule has 0 radical (unpaired) electrons. The maximum atomic E-state index is 11.8. The standard InChI is InChI=1S/C18H18N4O2S/c1-12-6-8-15(9-7-12)22-16(14-5-4-10-19-11-14)20-21-18(22)25-13(2)17(23)24-3/h4-11,13H,1-3H3/t13-/m0/s1. The predicted octanol–water partition coefficient (Wildman–Crippen LogP) is 3.29. The van der Waals surface area contributed by atoms with Gasteiger partial charge in [0.2, 0.25) is 0 Å². The number of carbonyl (C=O) groups is 1. The molecule has 0 aliphatic heterocycles. The van der Waals surface area contributed by atoms with Gasteiger partial charge in [0.15, 0.2) is 11.0 Å². The molecule has 128 valence electrons. The number of thioether (sulfide) groups is 1. The minimum atomic E-state index is -0.389. The van der Waals surface area contributed by atoms with Crippen molar-refractivity contribution in [3.8, 4) is 17.1 Å². The van der Waals surface area contributed by atoms with Crippen LogP contribution in [-0.4, -0.2) is 38.1 Å². The summed E-state index contributed by atoms with van der Waals surface area (Å²) in [5.41, 5.74) is 2.94. The first-order valence-electron chi connectivity index (χ1n) is 7.77. The molecule has 7 heteroatoms. The molecule has 2 heterocycles. The largest absolute Gasteiger partial charge is 0.468 e. The van der Waals surface area contributed by atoms with Crippen molar-refractivity contribution in [3.63, 3.8) is 0 Å². The second kappa shape index (κ2) is 7.48. The van der Waals surface area contributed by atoms with Crippen LogP contribution in [0.4, 0.5) is 0 Å². The number of carbonyl (C=O) groups excluding carboxylic acids is 1. The van der Waals surface area contributed by atoms with Crippen molar-refractivity contribution in [2.45, 2.75) is 24.3 Å². The fourth-order valence-electron chi connectivity index (χ4n) is 2.33. The lowest BCUT2D eigenvalue weighted by molar-refractivity contribution is -0.139. The third kappa shape index (κ3) is 3.71. The van der Waals surface area contributed by atoms with E-state index in [1.807, 2.05) is 47.9 Å². The highest BCUT2D eigenvalue weighted by atomic mass is 32.2. The second-order valence-corrected chi connectivity index (χ2v) is 6.81. The Morgan fingerprint density at radius 3 is 2.60 bits per heavy atom. The number of benzene rings is 1. The molecule has 0 unspecified atom stereocenters. The van der Waals surface area contributed by atoms with Crippen LogP contribution < -0.4 is 0 Å². The molecule has 0 aliphatic carbocycles. The first-order chi connectivity index (χ1) is 12.1. The molecule has 6 nitrogen and oxygen atoms in total. The van der Waals surface area contributed by atoms with E-state index in [-0.39, 0.29) is 11.2 Å². The van der Waals surface area contributed by atoms with E-state index in [1.165, 1.54) is 18.9 Å². The maximum absolute atomic E-state index is 11.8. The Bertz CT molecular complexity index is 863. The zero-order chi connectivity index (χ0) is 17.8. The normalized spacial score (nSPS) is 12.0. The first-order valence-corrected chi connectivity index (χ1v) is 8.65. The van der Waals surface area contributed by atoms with Gasteiger partial charge in [-0.25, -0.2) is 0 Å². The van der Waals surface area contributed by atoms with Crippen LogP contribution in [0.3, 0.4) is 0 Å². The van der Waals surface area contributed by atoms with E-state index in [0.29, 0.717) is 11.0 Å². The fourth-order valence-corrected chi connectivity index (χ4v) is 3.22. The SMILES string of the molecule is COC(=O)[C@H](C)Sc1nnc(-c2cccnc2)n1-c1ccc(C)cc1. The van der Waals surface area contributed by atoms with Crippen LogP contribution in [0.2, 0.25) is 0 Å². The van der Waals surface area contributed by atoms with Gasteiger partial charge in [-0.15, -0.1) is 10.2 Å². The van der Waals surface area contributed by atoms with E-state index in [1.54, 1.807) is 19.3 Å². The van der Waals surface area contributed by atoms with Gasteiger partial charge in [-0.05, 0) is 38.1 Å². The van der Waals surface area contributed by atoms with Gasteiger partial charge in [0, 0.05) is 23.6 Å². The first kappa shape index (κ1) is 17.2. The number of ether oxygens (including phenoxy) is 1. The van der Waals surface area contributed by atoms with Crippen molar-refractivity contribution in [1.82, 2.24) is 19.7 Å². The molecule has 0 spiro atoms. The van der Waals surface area contributed by atoms with Crippen molar-refractivity contribution in [2.75, 3.05) is 7.11 Å². The van der Waals surface area contributed by atoms with Crippen LogP contribution in [-0.2, 0) is 9.53 Å². The summed E-state index contributed by atoms with van der Waals surface area (Å²) >= 11 is 1.31. The van der Waals surface area contributed by atoms with E-state index in [9.17, 15) is 4.79 Å². The lowest BCUT2D eigenvalue weighted by Crippen LogP contribution is -2.15. The Morgan fingerprint density at radius 2 is 1.96 bits per heavy atom. The van der Waals surface area contributed by atoms with Crippen molar-refractivity contribution in [3.05, 3.63) is 54.4 Å². The van der Waals surface area contributed by atoms with Crippen LogP contribution in [0.1, 0.15) is 12.5 Å². The third-order valence-corrected chi connectivity index (χ3v) is 4.68. The number of nitrogens with zero attached hydrogens (tertiary/aromatic N) is 4. The zero-order valence-corrected chi connectivity index (χ0v) is 15.0. The molecular weight excluding hydrogens is 336 g/mol. The molecule has 3 aromatic rings. The highest BCUT2D eigenvalue weighted by molar-refractivity contribution is 8.00. The van der Waals surface area contributed by atoms with E-state index >= 15 is 0 Å². The number of esters is 1. The van der Waals surface area contributed by atoms with Gasteiger partial charge in [-0.1, -0.05) is 29.5 Å². The average Bonchev–Trinajstić information content (AvgIpc) is 3.06. The molecule has 1 atom stereocenters. The Labute approximate surface area is 150 Å². The van der Waals surface area contributed by atoms with Gasteiger partial charge < -0.3 is 4.74 Å². The molecule has 3 rings (SSSR count). The summed E-state index contributed by atoms with van der Waals surface area (Å²) in [5.74, 6) is 0.378. The van der Waals surface area contributed by atoms with Crippen LogP contribution >= 0.6 is 11.8 Å². The molecule has 25 heavy (non-hydrogen) atoms. The molecule has 0 bridgehead atoms. The van der Waals surface area contributed by atoms with Gasteiger partial charge in [0.1, 0.15) is 5.25 Å². The predicted molar refractivity (Wildman–Crippen MR) is 96.7 cm³/mol. The van der Waals surface area contributed by atoms with Gasteiger partial charge in [-0.3, -0.25) is 14.3 Å². The van der Waals surface area contributed by atoms with Crippen molar-refractivity contribution >= 4 is 17.7 Å². The zero-order valence-electron chi connectivity index (χ0n) is 14.2. The molecule has 2 aromatic heterocycles. The number of methoxy groups -OCH3 is 1. The van der Waals surface area contributed by atoms with Crippen LogP contribution in [0.5, 0.6) is 0 Å². The summed E-state index contributed by atoms with van der Waals surface area (Å²) in [6, 6.07) is 11.9. The minimum absolute atomic E-state index is 0.300. The number of aryl methyl sites for hydroxylation is 1. The Balaban J connectivity index is 2.08. The molecule has 0 saturated carbocycles. The van der Waals surface area contributed by atoms with E-state index in [0.717, 1.165) is 16.8 Å². The number of aromatic nitrogens is 4. The van der Waals surface area contributed by atoms with E-state index in [2.05, 4.69) is 15.2 Å². The van der Waals surface area contributed by atoms with Crippen molar-refractivity contribution in [1.29, 1.82) is 0 Å². The molecule has 0 N–H and O–H groups in total. The average molecular weight is 354 g/mol. The number of rotatable bonds is 5. The molecular formula is C18H18N4O2S. The Kier molecular flexibility index (Phi) is 5.14. The quantitative estimate of drug-likeness (QED) is 0.517. The monoisotopic (exact) mass is 354 g/mol. The van der Waals surface area contributed by atoms with Crippen molar-refractivity contribution in [2.24, 2.45) is 0 Å². The number of hydrogen-bond acceptors (Lipinski definition) is 6. The molecule has 0 aliphatic rings. The molecule has 0 amide bonds. The summed E-state index contributed by atoms with van der Waals surface area (Å²) in [4.78, 5) is 15.9. The molecule has 1 aromatic carbocycles. The highest BCUT2D eigenvalue weighted by Crippen LogP contribution is 2.30. The fraction of sp³-hybridized carbons (Fsp3) is 0.222. The van der Waals surface area contributed by atoms with Gasteiger partial charge >= 0.3 is 5.97 Å². The highest BCUT2D eigenvalue weighted by Gasteiger charge is 2.22. The summed E-state index contributed by atoms with van der Waals surface area (Å²) in [6.45, 7) is 3.82. The number of pyridine rings is 1. The van der Waals surface area contributed by atoms with E-state index in [4.69, 9.17) is 4.74 Å². The minimum Gasteiger partial charge on any atom is -0.468 e. The van der Waals surface area contributed by atoms with E-state index < -0.39 is 0 Å². The lowest BCUT2D eigenvalue weighted by Gasteiger charge is -2.12. The maximum Gasteiger partial charge on any atom is 0.318 e. The Morgan fingerprint density at radius 1 is 1.20 bits per heavy atom. The molecule has 0 fully saturated rings. The van der Waals surface area contributed by atoms with Gasteiger partial charge in [0.25, 0.3) is 0 Å². The third-order valence-electron chi connectivity index (χ3n) is 3.66. The summed E-state index contributed by atoms with van der Waals surface area (Å²) in [7, 11) is 1.38. The summed E-state index contributed by atoms with van der Waals surface area (Å²) in [6.07, 6.45) is 3.46. The second-order valence-electron chi connectivity index (χ2n) is 5.50. The smallest absolute Gasteiger partial charge is 0.318 e. The summed E-state index contributed by atoms with van der Waals surface area (Å²) < 4.78 is 6.74. The number of hydrogen-bond donors (Lipinski definition) is 0. The van der Waals surface area contributed by atoms with Crippen molar-refractivity contribution < 1.29 is 9.53 Å². The van der Waals surface area contributed by atoms with Gasteiger partial charge in [-0.2, -0.15) is 0 Å². The lowest BCUT2D eigenvalue weighted by atomic mass is 10.2. The Hall–Kier alpha value is -2.67. The van der Waals surface area contributed by atoms with Crippen LogP contribution in [0, 0.1) is 6.92 Å². The topological polar surface area (TPSA) is 69.9 Å². The van der Waals surface area contributed by atoms with Gasteiger partial charge in [0.05, 0.1) is 7.11 Å². The van der Waals surface area contributed by atoms with Crippen LogP contribution in [0.15, 0.2) is 53.9 Å².